The Bertz CT molecular complexity index is 3390. The van der Waals surface area contributed by atoms with Crippen LogP contribution in [-0.4, -0.2) is 242 Å². The number of nitrogens with zero attached hydrogens (tertiary/aromatic N) is 6. The molecule has 2 aromatic heterocycles. The predicted molar refractivity (Wildman–Crippen MR) is 317 cm³/mol. The zero-order valence-electron chi connectivity index (χ0n) is 46.2. The lowest BCUT2D eigenvalue weighted by Crippen LogP contribution is -2.71. The first kappa shape index (κ1) is 70.0. The van der Waals surface area contributed by atoms with Gasteiger partial charge < -0.3 is 86.5 Å². The van der Waals surface area contributed by atoms with E-state index >= 15 is 0 Å². The van der Waals surface area contributed by atoms with Crippen molar-refractivity contribution in [1.29, 1.82) is 0 Å². The number of carboxylic acid groups (broad SMARTS) is 4. The second-order valence-corrected chi connectivity index (χ2v) is 22.9. The van der Waals surface area contributed by atoms with E-state index in [1.165, 1.54) is 97.7 Å². The first-order valence-electron chi connectivity index (χ1n) is 25.1. The minimum absolute atomic E-state index is 0. The topological polar surface area (TPSA) is 529 Å². The van der Waals surface area contributed by atoms with Gasteiger partial charge in [0.15, 0.2) is 11.5 Å². The van der Waals surface area contributed by atoms with Gasteiger partial charge in [-0.2, -0.15) is 0 Å². The number of amides is 7. The molecule has 8 atom stereocenters. The molecule has 0 bridgehead atoms. The molecule has 2 aromatic rings. The van der Waals surface area contributed by atoms with Crippen molar-refractivity contribution in [2.75, 3.05) is 63.7 Å². The summed E-state index contributed by atoms with van der Waals surface area (Å²) in [7, 11) is 2.52. The van der Waals surface area contributed by atoms with Crippen molar-refractivity contribution in [3.63, 3.8) is 0 Å². The first-order chi connectivity index (χ1) is 41.8. The van der Waals surface area contributed by atoms with Gasteiger partial charge in [0.25, 0.3) is 23.6 Å². The van der Waals surface area contributed by atoms with Crippen LogP contribution in [0, 0.1) is 0 Å². The second kappa shape index (κ2) is 30.4. The number of aliphatic hydroxyl groups excluding tert-OH is 2. The Balaban J connectivity index is 0.000000194. The summed E-state index contributed by atoms with van der Waals surface area (Å²) in [6.45, 7) is -0.0214. The summed E-state index contributed by atoms with van der Waals surface area (Å²) < 4.78 is 19.7. The quantitative estimate of drug-likeness (QED) is 0.0235. The third-order valence-corrected chi connectivity index (χ3v) is 18.6. The molecular weight excluding hydrogens is 1380 g/mol. The number of aliphatic carboxylic acids is 4. The van der Waals surface area contributed by atoms with Gasteiger partial charge in [-0.1, -0.05) is 10.3 Å². The molecule has 4 saturated heterocycles. The summed E-state index contributed by atoms with van der Waals surface area (Å²) in [6.07, 6.45) is 1.65. The molecule has 8 aliphatic rings. The van der Waals surface area contributed by atoms with Crippen LogP contribution in [0.15, 0.2) is 101 Å². The predicted octanol–water partition coefficient (Wildman–Crippen LogP) is -2.87. The number of fused-ring (bicyclic) bond motifs is 4. The number of β-lactam (4-membered cyclic amide) rings is 4. The Morgan fingerprint density at radius 1 is 0.562 bits per heavy atom. The number of nitrogens with two attached hydrogens (primary N) is 3. The van der Waals surface area contributed by atoms with Crippen LogP contribution >= 0.6 is 71.0 Å². The van der Waals surface area contributed by atoms with Crippen molar-refractivity contribution in [3.05, 3.63) is 93.4 Å². The SMILES string of the molecule is CC(=O)OCC1=C(C(=O)O)N2C(=O)C(N)C2SC1.CO/N=C(\C(=O)NC1C(=O)N2C(C(=O)O)=C(CO)CSC12)c1ccco1.CO/N=C(\C(=O)NC1C(=O)N2C(C(=O)O)=C(COC(N)=O)CSC12)c1ccco1.I.NC1C(=O)N2C(C(=O)O)=C(CO)CSC12. The summed E-state index contributed by atoms with van der Waals surface area (Å²) >= 11 is 5.22. The molecule has 7 amide bonds. The molecule has 35 nitrogen and oxygen atoms in total. The summed E-state index contributed by atoms with van der Waals surface area (Å²) in [5.41, 5.74) is 16.3. The van der Waals surface area contributed by atoms with Crippen molar-refractivity contribution >= 4 is 154 Å². The lowest BCUT2D eigenvalue weighted by atomic mass is 10.0. The molecule has 8 aliphatic heterocycles. The number of esters is 1. The molecule has 14 N–H and O–H groups in total. The number of thioether (sulfide) groups is 4. The summed E-state index contributed by atoms with van der Waals surface area (Å²) in [5.74, 6) is -7.43. The van der Waals surface area contributed by atoms with Crippen molar-refractivity contribution in [2.45, 2.75) is 52.6 Å². The van der Waals surface area contributed by atoms with Crippen LogP contribution in [-0.2, 0) is 71.9 Å². The lowest BCUT2D eigenvalue weighted by Gasteiger charge is -2.49. The molecule has 0 aromatic carbocycles. The van der Waals surface area contributed by atoms with Gasteiger partial charge in [-0.05, 0) is 35.4 Å². The van der Waals surface area contributed by atoms with Crippen LogP contribution in [0.4, 0.5) is 4.79 Å². The highest BCUT2D eigenvalue weighted by Gasteiger charge is 2.57. The van der Waals surface area contributed by atoms with E-state index in [2.05, 4.69) is 35.4 Å². The number of ether oxygens (including phenoxy) is 2. The van der Waals surface area contributed by atoms with E-state index in [1.54, 1.807) is 12.1 Å². The summed E-state index contributed by atoms with van der Waals surface area (Å²) in [6, 6.07) is 2.97. The highest BCUT2D eigenvalue weighted by Crippen LogP contribution is 2.43. The third-order valence-electron chi connectivity index (χ3n) is 13.2. The van der Waals surface area contributed by atoms with Crippen molar-refractivity contribution in [3.8, 4) is 0 Å². The smallest absolute Gasteiger partial charge is 0.404 e. The molecule has 89 heavy (non-hydrogen) atoms. The molecule has 480 valence electrons. The number of nitrogens with one attached hydrogen (secondary N) is 2. The minimum atomic E-state index is -1.35. The van der Waals surface area contributed by atoms with E-state index in [9.17, 15) is 72.9 Å². The molecule has 8 unspecified atom stereocenters. The molecule has 4 fully saturated rings. The van der Waals surface area contributed by atoms with Crippen LogP contribution in [0.2, 0.25) is 0 Å². The number of aliphatic hydroxyl groups is 2. The van der Waals surface area contributed by atoms with Gasteiger partial charge in [-0.15, -0.1) is 71.0 Å². The van der Waals surface area contributed by atoms with E-state index in [-0.39, 0.29) is 123 Å². The second-order valence-electron chi connectivity index (χ2n) is 18.5. The Labute approximate surface area is 534 Å². The Morgan fingerprint density at radius 3 is 1.19 bits per heavy atom. The maximum absolute atomic E-state index is 12.6. The highest BCUT2D eigenvalue weighted by molar-refractivity contribution is 14.0. The monoisotopic (exact) mass is 1440 g/mol. The fourth-order valence-electron chi connectivity index (χ4n) is 9.16. The van der Waals surface area contributed by atoms with Crippen LogP contribution in [0.5, 0.6) is 0 Å². The highest BCUT2D eigenvalue weighted by atomic mass is 127. The first-order valence-corrected chi connectivity index (χ1v) is 29.3. The van der Waals surface area contributed by atoms with E-state index in [0.29, 0.717) is 22.7 Å². The lowest BCUT2D eigenvalue weighted by molar-refractivity contribution is -0.150. The Hall–Kier alpha value is -8.13. The molecule has 0 radical (unpaired) electrons. The molecule has 10 rings (SSSR count). The van der Waals surface area contributed by atoms with Gasteiger partial charge >= 0.3 is 35.9 Å². The number of carboxylic acids is 4. The van der Waals surface area contributed by atoms with Crippen molar-refractivity contribution in [1.82, 2.24) is 30.2 Å². The van der Waals surface area contributed by atoms with Crippen molar-refractivity contribution < 1.29 is 116 Å². The zero-order valence-corrected chi connectivity index (χ0v) is 51.8. The Kier molecular flexibility index (Phi) is 23.9. The number of rotatable bonds is 18. The van der Waals surface area contributed by atoms with E-state index in [0.717, 1.165) is 14.7 Å². The van der Waals surface area contributed by atoms with Gasteiger partial charge in [0.05, 0.1) is 25.7 Å². The van der Waals surface area contributed by atoms with Crippen LogP contribution in [0.3, 0.4) is 0 Å². The number of carbonyl (C=O) groups excluding carboxylic acids is 8. The van der Waals surface area contributed by atoms with Gasteiger partial charge in [0.2, 0.25) is 23.2 Å². The Morgan fingerprint density at radius 2 is 0.888 bits per heavy atom. The standard InChI is InChI=1S/C16H16N4O8S.C15H15N3O7S.C10H12N2O5S.C8H10N2O4S.HI/c1-26-19-9(8-3-2-4-27-8)12(21)18-10-13(22)20-11(15(23)24)7(5-28-16(17)25)6-29-14(10)20;1-24-17-9(8-3-2-4-25-8)12(20)16-10-13(21)18-11(15(22)23)7(5-19)6-26-14(10)18;1-4(13)17-2-5-3-18-9-6(11)8(14)12(9)7(5)10(15)16;9-4-6(12)10-5(8(13)14)3(1-11)2-15-7(4)10;/h2-4,10,14H,5-6H2,1H3,(H2,17,25)(H,18,21)(H,23,24);2-4,10,14,19H,5-6H2,1H3,(H,16,20)(H,22,23);6,9H,2-3,11H2,1H3,(H,15,16);4,7,11H,1-2,9H2,(H,13,14);1H/b19-9-;17-9-;;;. The molecule has 0 aliphatic carbocycles. The summed E-state index contributed by atoms with van der Waals surface area (Å²) in [5, 5.41) is 65.7. The van der Waals surface area contributed by atoms with Crippen LogP contribution in [0.25, 0.3) is 0 Å². The number of primary amides is 1. The minimum Gasteiger partial charge on any atom is -0.477 e. The molecule has 40 heteroatoms. The van der Waals surface area contributed by atoms with E-state index in [1.807, 2.05) is 0 Å². The maximum Gasteiger partial charge on any atom is 0.404 e. The fraction of sp³-hybridized carbons (Fsp3) is 0.388. The normalized spacial score (nSPS) is 23.9. The van der Waals surface area contributed by atoms with Crippen molar-refractivity contribution in [2.24, 2.45) is 27.5 Å². The average molecular weight is 1440 g/mol. The van der Waals surface area contributed by atoms with E-state index in [4.69, 9.17) is 46.1 Å². The van der Waals surface area contributed by atoms with Gasteiger partial charge in [0, 0.05) is 41.1 Å². The largest absolute Gasteiger partial charge is 0.477 e. The van der Waals surface area contributed by atoms with E-state index < -0.39 is 113 Å². The number of hydrogen-bond donors (Lipinski definition) is 11. The maximum atomic E-state index is 12.6. The molecule has 0 saturated carbocycles. The van der Waals surface area contributed by atoms with Gasteiger partial charge in [-0.3, -0.25) is 53.2 Å². The zero-order chi connectivity index (χ0) is 64.6. The number of halogens is 1. The summed E-state index contributed by atoms with van der Waals surface area (Å²) in [4.78, 5) is 153. The third kappa shape index (κ3) is 14.6. The van der Waals surface area contributed by atoms with Gasteiger partial charge in [0.1, 0.15) is 95.9 Å². The molecular formula is C49H54IN11O24S4. The molecule has 0 spiro atoms. The average Bonchev–Trinajstić information content (AvgIpc) is 1.47. The van der Waals surface area contributed by atoms with Gasteiger partial charge in [-0.25, -0.2) is 24.0 Å². The molecule has 10 heterocycles. The number of oxime groups is 2. The van der Waals surface area contributed by atoms with Crippen LogP contribution < -0.4 is 27.8 Å². The number of furan rings is 2. The number of carbonyl (C=O) groups is 12. The van der Waals surface area contributed by atoms with Crippen LogP contribution in [0.1, 0.15) is 18.4 Å². The fourth-order valence-corrected chi connectivity index (χ4v) is 14.4. The number of hydrogen-bond acceptors (Lipinski definition) is 28.